The van der Waals surface area contributed by atoms with Crippen LogP contribution in [-0.2, 0) is 16.6 Å². The quantitative estimate of drug-likeness (QED) is 0.926. The number of aryl methyl sites for hydroxylation is 1. The van der Waals surface area contributed by atoms with Crippen LogP contribution in [0.2, 0.25) is 0 Å². The molecule has 0 bridgehead atoms. The van der Waals surface area contributed by atoms with Crippen LogP contribution in [0.5, 0.6) is 0 Å². The van der Waals surface area contributed by atoms with Crippen LogP contribution in [0.15, 0.2) is 24.3 Å². The predicted octanol–water partition coefficient (Wildman–Crippen LogP) is 2.76. The second-order valence-electron chi connectivity index (χ2n) is 6.59. The summed E-state index contributed by atoms with van der Waals surface area (Å²) in [5.74, 6) is 0.559. The summed E-state index contributed by atoms with van der Waals surface area (Å²) in [5, 5.41) is 9.20. The average molecular weight is 289 g/mol. The molecular formula is C18H27NO2. The van der Waals surface area contributed by atoms with Gasteiger partial charge in [0.05, 0.1) is 5.41 Å². The zero-order chi connectivity index (χ0) is 15.5. The number of amides is 1. The number of carbonyl (C=O) groups is 1. The summed E-state index contributed by atoms with van der Waals surface area (Å²) < 4.78 is 0. The highest BCUT2D eigenvalue weighted by atomic mass is 16.3. The third-order valence-corrected chi connectivity index (χ3v) is 4.78. The molecule has 1 saturated heterocycles. The number of rotatable bonds is 4. The van der Waals surface area contributed by atoms with Gasteiger partial charge in [-0.05, 0) is 50.2 Å². The molecule has 0 spiro atoms. The van der Waals surface area contributed by atoms with Gasteiger partial charge >= 0.3 is 0 Å². The standard InChI is InChI=1S/C18H27NO2/c1-4-14-5-7-16(8-6-14)18(2,3)17(21)19-11-9-15(13-20)10-12-19/h5-8,15,20H,4,9-13H2,1-3H3. The molecule has 0 aliphatic carbocycles. The number of hydrogen-bond donors (Lipinski definition) is 1. The fourth-order valence-electron chi connectivity index (χ4n) is 2.99. The minimum absolute atomic E-state index is 0.197. The van der Waals surface area contributed by atoms with E-state index in [9.17, 15) is 9.90 Å². The van der Waals surface area contributed by atoms with Crippen LogP contribution in [0.1, 0.15) is 44.7 Å². The van der Waals surface area contributed by atoms with Crippen molar-refractivity contribution >= 4 is 5.91 Å². The van der Waals surface area contributed by atoms with Crippen LogP contribution < -0.4 is 0 Å². The lowest BCUT2D eigenvalue weighted by atomic mass is 9.82. The minimum atomic E-state index is -0.488. The van der Waals surface area contributed by atoms with Crippen molar-refractivity contribution < 1.29 is 9.90 Å². The van der Waals surface area contributed by atoms with Crippen LogP contribution in [0.3, 0.4) is 0 Å². The maximum atomic E-state index is 12.8. The number of piperidine rings is 1. The van der Waals surface area contributed by atoms with E-state index in [0.717, 1.165) is 37.9 Å². The molecule has 0 unspecified atom stereocenters. The molecule has 1 aliphatic heterocycles. The number of aliphatic hydroxyl groups excluding tert-OH is 1. The summed E-state index contributed by atoms with van der Waals surface area (Å²) in [6, 6.07) is 8.39. The van der Waals surface area contributed by atoms with Gasteiger partial charge < -0.3 is 10.0 Å². The second kappa shape index (κ2) is 6.61. The third-order valence-electron chi connectivity index (χ3n) is 4.78. The number of hydrogen-bond acceptors (Lipinski definition) is 2. The summed E-state index contributed by atoms with van der Waals surface area (Å²) in [6.45, 7) is 7.92. The highest BCUT2D eigenvalue weighted by Gasteiger charge is 2.35. The Kier molecular flexibility index (Phi) is 5.04. The molecular weight excluding hydrogens is 262 g/mol. The molecule has 1 N–H and O–H groups in total. The Balaban J connectivity index is 2.09. The van der Waals surface area contributed by atoms with Crippen LogP contribution in [-0.4, -0.2) is 35.6 Å². The molecule has 1 amide bonds. The van der Waals surface area contributed by atoms with E-state index in [2.05, 4.69) is 31.2 Å². The van der Waals surface area contributed by atoms with Gasteiger partial charge in [-0.15, -0.1) is 0 Å². The Hall–Kier alpha value is -1.35. The summed E-state index contributed by atoms with van der Waals surface area (Å²) in [6.07, 6.45) is 2.84. The fourth-order valence-corrected chi connectivity index (χ4v) is 2.99. The predicted molar refractivity (Wildman–Crippen MR) is 85.2 cm³/mol. The summed E-state index contributed by atoms with van der Waals surface area (Å²) in [4.78, 5) is 14.8. The first kappa shape index (κ1) is 16.0. The molecule has 21 heavy (non-hydrogen) atoms. The maximum Gasteiger partial charge on any atom is 0.232 e. The minimum Gasteiger partial charge on any atom is -0.396 e. The van der Waals surface area contributed by atoms with Gasteiger partial charge in [0, 0.05) is 19.7 Å². The van der Waals surface area contributed by atoms with Crippen LogP contribution >= 0.6 is 0 Å². The smallest absolute Gasteiger partial charge is 0.232 e. The van der Waals surface area contributed by atoms with Crippen molar-refractivity contribution in [2.24, 2.45) is 5.92 Å². The van der Waals surface area contributed by atoms with Crippen molar-refractivity contribution in [1.82, 2.24) is 4.90 Å². The molecule has 116 valence electrons. The molecule has 3 nitrogen and oxygen atoms in total. The van der Waals surface area contributed by atoms with Gasteiger partial charge in [0.15, 0.2) is 0 Å². The molecule has 0 atom stereocenters. The van der Waals surface area contributed by atoms with E-state index in [1.54, 1.807) is 0 Å². The van der Waals surface area contributed by atoms with Crippen molar-refractivity contribution in [1.29, 1.82) is 0 Å². The lowest BCUT2D eigenvalue weighted by molar-refractivity contribution is -0.137. The van der Waals surface area contributed by atoms with E-state index >= 15 is 0 Å². The number of carbonyl (C=O) groups excluding carboxylic acids is 1. The Bertz CT molecular complexity index is 470. The van der Waals surface area contributed by atoms with Crippen molar-refractivity contribution in [3.63, 3.8) is 0 Å². The molecule has 1 aromatic carbocycles. The van der Waals surface area contributed by atoms with E-state index in [4.69, 9.17) is 0 Å². The van der Waals surface area contributed by atoms with Gasteiger partial charge in [-0.1, -0.05) is 31.2 Å². The first-order valence-corrected chi connectivity index (χ1v) is 7.98. The molecule has 1 aliphatic rings. The zero-order valence-corrected chi connectivity index (χ0v) is 13.4. The Labute approximate surface area is 128 Å². The largest absolute Gasteiger partial charge is 0.396 e. The van der Waals surface area contributed by atoms with Gasteiger partial charge in [-0.3, -0.25) is 4.79 Å². The molecule has 1 fully saturated rings. The highest BCUT2D eigenvalue weighted by molar-refractivity contribution is 5.87. The topological polar surface area (TPSA) is 40.5 Å². The van der Waals surface area contributed by atoms with E-state index in [0.29, 0.717) is 5.92 Å². The molecule has 1 heterocycles. The maximum absolute atomic E-state index is 12.8. The molecule has 3 heteroatoms. The highest BCUT2D eigenvalue weighted by Crippen LogP contribution is 2.28. The molecule has 0 saturated carbocycles. The number of likely N-dealkylation sites (tertiary alicyclic amines) is 1. The van der Waals surface area contributed by atoms with E-state index in [1.165, 1.54) is 5.56 Å². The molecule has 0 radical (unpaired) electrons. The van der Waals surface area contributed by atoms with Gasteiger partial charge in [-0.25, -0.2) is 0 Å². The SMILES string of the molecule is CCc1ccc(C(C)(C)C(=O)N2CCC(CO)CC2)cc1. The van der Waals surface area contributed by atoms with Crippen molar-refractivity contribution in [3.8, 4) is 0 Å². The van der Waals surface area contributed by atoms with Crippen molar-refractivity contribution in [2.75, 3.05) is 19.7 Å². The average Bonchev–Trinajstić information content (AvgIpc) is 2.54. The molecule has 0 aromatic heterocycles. The number of aliphatic hydroxyl groups is 1. The lowest BCUT2D eigenvalue weighted by Gasteiger charge is -2.37. The Morgan fingerprint density at radius 2 is 1.81 bits per heavy atom. The van der Waals surface area contributed by atoms with Crippen LogP contribution in [0.4, 0.5) is 0 Å². The third kappa shape index (κ3) is 3.46. The van der Waals surface area contributed by atoms with Gasteiger partial charge in [0.25, 0.3) is 0 Å². The summed E-state index contributed by atoms with van der Waals surface area (Å²) in [5.41, 5.74) is 1.89. The van der Waals surface area contributed by atoms with Crippen LogP contribution in [0, 0.1) is 5.92 Å². The Morgan fingerprint density at radius 3 is 2.29 bits per heavy atom. The molecule has 2 rings (SSSR count). The number of benzene rings is 1. The summed E-state index contributed by atoms with van der Waals surface area (Å²) >= 11 is 0. The summed E-state index contributed by atoms with van der Waals surface area (Å²) in [7, 11) is 0. The molecule has 1 aromatic rings. The zero-order valence-electron chi connectivity index (χ0n) is 13.4. The second-order valence-corrected chi connectivity index (χ2v) is 6.59. The van der Waals surface area contributed by atoms with E-state index in [1.807, 2.05) is 18.7 Å². The van der Waals surface area contributed by atoms with E-state index < -0.39 is 5.41 Å². The van der Waals surface area contributed by atoms with Crippen LogP contribution in [0.25, 0.3) is 0 Å². The first-order chi connectivity index (χ1) is 9.98. The normalized spacial score (nSPS) is 17.0. The monoisotopic (exact) mass is 289 g/mol. The van der Waals surface area contributed by atoms with Crippen molar-refractivity contribution in [2.45, 2.75) is 45.4 Å². The first-order valence-electron chi connectivity index (χ1n) is 7.98. The van der Waals surface area contributed by atoms with Gasteiger partial charge in [0.2, 0.25) is 5.91 Å². The fraction of sp³-hybridized carbons (Fsp3) is 0.611. The lowest BCUT2D eigenvalue weighted by Crippen LogP contribution is -2.47. The number of nitrogens with zero attached hydrogens (tertiary/aromatic N) is 1. The van der Waals surface area contributed by atoms with Gasteiger partial charge in [0.1, 0.15) is 0 Å². The van der Waals surface area contributed by atoms with Gasteiger partial charge in [-0.2, -0.15) is 0 Å². The Morgan fingerprint density at radius 1 is 1.24 bits per heavy atom. The van der Waals surface area contributed by atoms with Crippen molar-refractivity contribution in [3.05, 3.63) is 35.4 Å². The van der Waals surface area contributed by atoms with E-state index in [-0.39, 0.29) is 12.5 Å².